The van der Waals surface area contributed by atoms with E-state index >= 15 is 0 Å². The maximum atomic E-state index is 13.2. The number of amides is 2. The van der Waals surface area contributed by atoms with Crippen molar-refractivity contribution in [3.05, 3.63) is 83.4 Å². The lowest BCUT2D eigenvalue weighted by Crippen LogP contribution is -2.52. The summed E-state index contributed by atoms with van der Waals surface area (Å²) in [6.45, 7) is 11.3. The molecule has 0 unspecified atom stereocenters. The van der Waals surface area contributed by atoms with Crippen LogP contribution in [0.1, 0.15) is 58.2 Å². The van der Waals surface area contributed by atoms with Gasteiger partial charge in [0.05, 0.1) is 11.4 Å². The van der Waals surface area contributed by atoms with E-state index in [2.05, 4.69) is 12.1 Å². The van der Waals surface area contributed by atoms with E-state index in [9.17, 15) is 14.7 Å². The molecular formula is C32H38N3O5-. The third kappa shape index (κ3) is 6.86. The lowest BCUT2D eigenvalue weighted by molar-refractivity contribution is -0.247. The summed E-state index contributed by atoms with van der Waals surface area (Å²) in [7, 11) is 0. The van der Waals surface area contributed by atoms with E-state index in [0.717, 1.165) is 23.3 Å². The first-order valence-electron chi connectivity index (χ1n) is 13.5. The van der Waals surface area contributed by atoms with Crippen molar-refractivity contribution < 1.29 is 24.2 Å². The second-order valence-corrected chi connectivity index (χ2v) is 12.2. The summed E-state index contributed by atoms with van der Waals surface area (Å²) < 4.78 is 11.8. The Kier molecular flexibility index (Phi) is 8.00. The smallest absolute Gasteiger partial charge is 0.410 e. The Balaban J connectivity index is 1.48. The SMILES string of the molecule is CC(C)(C)OC(=O)N(Cc1ccc(Oc2ccc(N(C(=O)[O-])C(C)(C)C)c(N)c2)cc1)C1Cc2ccccc2C1. The number of rotatable bonds is 6. The first-order valence-corrected chi connectivity index (χ1v) is 13.5. The first kappa shape index (κ1) is 28.8. The van der Waals surface area contributed by atoms with Crippen molar-refractivity contribution in [1.29, 1.82) is 0 Å². The van der Waals surface area contributed by atoms with Crippen LogP contribution in [0.15, 0.2) is 66.7 Å². The Bertz CT molecular complexity index is 1350. The minimum absolute atomic E-state index is 0.0123. The number of nitrogens with zero attached hydrogens (tertiary/aromatic N) is 2. The van der Waals surface area contributed by atoms with E-state index in [0.29, 0.717) is 23.7 Å². The van der Waals surface area contributed by atoms with Gasteiger partial charge in [0.2, 0.25) is 0 Å². The predicted octanol–water partition coefficient (Wildman–Crippen LogP) is 5.91. The highest BCUT2D eigenvalue weighted by Gasteiger charge is 2.33. The monoisotopic (exact) mass is 544 g/mol. The van der Waals surface area contributed by atoms with Gasteiger partial charge >= 0.3 is 6.09 Å². The molecule has 1 aliphatic rings. The van der Waals surface area contributed by atoms with Gasteiger partial charge in [-0.3, -0.25) is 0 Å². The number of ether oxygens (including phenoxy) is 2. The van der Waals surface area contributed by atoms with Gasteiger partial charge in [-0.2, -0.15) is 0 Å². The summed E-state index contributed by atoms with van der Waals surface area (Å²) in [5.41, 5.74) is 8.95. The highest BCUT2D eigenvalue weighted by molar-refractivity contribution is 5.90. The summed E-state index contributed by atoms with van der Waals surface area (Å²) in [5, 5.41) is 11.7. The van der Waals surface area contributed by atoms with E-state index in [1.807, 2.05) is 62.1 Å². The molecule has 0 atom stereocenters. The maximum absolute atomic E-state index is 13.2. The highest BCUT2D eigenvalue weighted by atomic mass is 16.6. The Morgan fingerprint density at radius 1 is 0.900 bits per heavy atom. The summed E-state index contributed by atoms with van der Waals surface area (Å²) in [5.74, 6) is 1.06. The number of nitrogens with two attached hydrogens (primary N) is 1. The molecule has 0 aromatic heterocycles. The summed E-state index contributed by atoms with van der Waals surface area (Å²) in [6, 6.07) is 20.7. The van der Waals surface area contributed by atoms with Gasteiger partial charge in [0.25, 0.3) is 0 Å². The van der Waals surface area contributed by atoms with Crippen LogP contribution in [0.3, 0.4) is 0 Å². The fraction of sp³-hybridized carbons (Fsp3) is 0.375. The van der Waals surface area contributed by atoms with Gasteiger partial charge in [0, 0.05) is 24.2 Å². The number of hydrogen-bond acceptors (Lipinski definition) is 6. The number of carboxylic acid groups (broad SMARTS) is 1. The zero-order chi connectivity index (χ0) is 29.2. The van der Waals surface area contributed by atoms with E-state index in [-0.39, 0.29) is 17.8 Å². The van der Waals surface area contributed by atoms with Crippen LogP contribution in [-0.2, 0) is 24.1 Å². The number of benzene rings is 3. The minimum Gasteiger partial charge on any atom is -0.530 e. The van der Waals surface area contributed by atoms with Gasteiger partial charge in [0.15, 0.2) is 0 Å². The first-order chi connectivity index (χ1) is 18.7. The molecule has 0 heterocycles. The third-order valence-corrected chi connectivity index (χ3v) is 6.70. The Morgan fingerprint density at radius 2 is 1.48 bits per heavy atom. The highest BCUT2D eigenvalue weighted by Crippen LogP contribution is 2.34. The second kappa shape index (κ2) is 11.1. The van der Waals surface area contributed by atoms with Crippen LogP contribution in [-0.4, -0.2) is 34.3 Å². The summed E-state index contributed by atoms with van der Waals surface area (Å²) >= 11 is 0. The van der Waals surface area contributed by atoms with Crippen molar-refractivity contribution in [3.63, 3.8) is 0 Å². The number of carbonyl (C=O) groups excluding carboxylic acids is 2. The molecule has 4 rings (SSSR count). The molecule has 0 saturated carbocycles. The number of hydrogen-bond donors (Lipinski definition) is 1. The summed E-state index contributed by atoms with van der Waals surface area (Å²) in [4.78, 5) is 27.9. The van der Waals surface area contributed by atoms with Crippen molar-refractivity contribution >= 4 is 23.6 Å². The molecule has 0 saturated heterocycles. The summed E-state index contributed by atoms with van der Waals surface area (Å²) in [6.07, 6.45) is -0.0792. The Morgan fingerprint density at radius 3 is 1.98 bits per heavy atom. The topological polar surface area (TPSA) is 108 Å². The standard InChI is InChI=1S/C32H39N3O5/c1-31(2,3)35(29(36)37)28-16-15-26(19-27(28)33)39-25-13-11-21(12-14-25)20-34(30(38)40-32(4,5)6)24-17-22-9-7-8-10-23(22)18-24/h7-16,19,24H,17-18,20,33H2,1-6H3,(H,36,37)/p-1. The Hall–Kier alpha value is -4.20. The molecule has 212 valence electrons. The predicted molar refractivity (Wildman–Crippen MR) is 154 cm³/mol. The maximum Gasteiger partial charge on any atom is 0.410 e. The van der Waals surface area contributed by atoms with Crippen LogP contribution in [0.4, 0.5) is 21.0 Å². The number of anilines is 2. The van der Waals surface area contributed by atoms with E-state index in [4.69, 9.17) is 15.2 Å². The molecule has 2 amide bonds. The number of fused-ring (bicyclic) bond motifs is 1. The number of carbonyl (C=O) groups is 2. The van der Waals surface area contributed by atoms with Crippen LogP contribution >= 0.6 is 0 Å². The second-order valence-electron chi connectivity index (χ2n) is 12.2. The lowest BCUT2D eigenvalue weighted by atomic mass is 10.0. The van der Waals surface area contributed by atoms with E-state index in [1.165, 1.54) is 11.1 Å². The zero-order valence-corrected chi connectivity index (χ0v) is 24.1. The quantitative estimate of drug-likeness (QED) is 0.386. The van der Waals surface area contributed by atoms with Gasteiger partial charge in [-0.05, 0) is 95.3 Å². The van der Waals surface area contributed by atoms with Crippen molar-refractivity contribution in [1.82, 2.24) is 4.90 Å². The normalized spacial score (nSPS) is 13.4. The molecule has 0 aliphatic heterocycles. The minimum atomic E-state index is -1.33. The van der Waals surface area contributed by atoms with Gasteiger partial charge in [-0.25, -0.2) is 4.79 Å². The fourth-order valence-corrected chi connectivity index (χ4v) is 4.95. The molecule has 0 radical (unpaired) electrons. The molecule has 8 nitrogen and oxygen atoms in total. The molecular weight excluding hydrogens is 506 g/mol. The number of nitrogen functional groups attached to an aromatic ring is 1. The van der Waals surface area contributed by atoms with Crippen LogP contribution in [0.2, 0.25) is 0 Å². The van der Waals surface area contributed by atoms with Gasteiger partial charge in [-0.1, -0.05) is 36.4 Å². The molecule has 2 N–H and O–H groups in total. The van der Waals surface area contributed by atoms with E-state index in [1.54, 1.807) is 39.0 Å². The molecule has 1 aliphatic carbocycles. The molecule has 0 spiro atoms. The van der Waals surface area contributed by atoms with Gasteiger partial charge in [0.1, 0.15) is 23.2 Å². The molecule has 0 bridgehead atoms. The molecule has 8 heteroatoms. The molecule has 3 aromatic carbocycles. The van der Waals surface area contributed by atoms with E-state index < -0.39 is 17.2 Å². The lowest BCUT2D eigenvalue weighted by Gasteiger charge is -2.38. The fourth-order valence-electron chi connectivity index (χ4n) is 4.95. The zero-order valence-electron chi connectivity index (χ0n) is 24.1. The van der Waals surface area contributed by atoms with Crippen LogP contribution in [0, 0.1) is 0 Å². The van der Waals surface area contributed by atoms with Crippen LogP contribution in [0.25, 0.3) is 0 Å². The van der Waals surface area contributed by atoms with Gasteiger partial charge in [-0.15, -0.1) is 0 Å². The molecule has 0 fully saturated rings. The van der Waals surface area contributed by atoms with Crippen molar-refractivity contribution in [2.45, 2.75) is 78.1 Å². The molecule has 3 aromatic rings. The van der Waals surface area contributed by atoms with Crippen molar-refractivity contribution in [3.8, 4) is 11.5 Å². The van der Waals surface area contributed by atoms with Crippen molar-refractivity contribution in [2.24, 2.45) is 0 Å². The van der Waals surface area contributed by atoms with Crippen LogP contribution < -0.4 is 20.5 Å². The third-order valence-electron chi connectivity index (χ3n) is 6.70. The van der Waals surface area contributed by atoms with Crippen LogP contribution in [0.5, 0.6) is 11.5 Å². The van der Waals surface area contributed by atoms with Gasteiger partial charge < -0.3 is 34.9 Å². The average molecular weight is 545 g/mol. The molecule has 40 heavy (non-hydrogen) atoms. The average Bonchev–Trinajstić information content (AvgIpc) is 3.27. The Labute approximate surface area is 236 Å². The van der Waals surface area contributed by atoms with Crippen molar-refractivity contribution in [2.75, 3.05) is 10.6 Å². The largest absolute Gasteiger partial charge is 0.530 e.